The van der Waals surface area contributed by atoms with Gasteiger partial charge in [0.05, 0.1) is 4.90 Å². The smallest absolute Gasteiger partial charge is 0.269 e. The van der Waals surface area contributed by atoms with Gasteiger partial charge in [-0.2, -0.15) is 0 Å². The van der Waals surface area contributed by atoms with E-state index >= 15 is 0 Å². The minimum atomic E-state index is -3.88. The topological polar surface area (TPSA) is 63.7 Å². The summed E-state index contributed by atoms with van der Waals surface area (Å²) >= 11 is 0. The van der Waals surface area contributed by atoms with E-state index in [1.165, 1.54) is 24.3 Å². The molecular weight excluding hydrogens is 290 g/mol. The molecule has 0 radical (unpaired) electrons. The number of amides is 1. The number of hydrogen-bond donors (Lipinski definition) is 0. The zero-order chi connectivity index (χ0) is 15.3. The Hall–Kier alpha value is -1.66. The highest BCUT2D eigenvalue weighted by molar-refractivity contribution is 7.89. The lowest BCUT2D eigenvalue weighted by Crippen LogP contribution is -2.40. The van der Waals surface area contributed by atoms with Crippen LogP contribution in [0.15, 0.2) is 47.4 Å². The zero-order valence-electron chi connectivity index (χ0n) is 11.9. The average Bonchev–Trinajstić information content (AvgIpc) is 2.86. The Morgan fingerprint density at radius 3 is 2.57 bits per heavy atom. The lowest BCUT2D eigenvalue weighted by molar-refractivity contribution is -0.126. The molecule has 114 valence electrons. The maximum Gasteiger partial charge on any atom is 0.269 e. The summed E-state index contributed by atoms with van der Waals surface area (Å²) in [6.07, 6.45) is 4.78. The van der Waals surface area contributed by atoms with Gasteiger partial charge in [0.15, 0.2) is 6.23 Å². The van der Waals surface area contributed by atoms with Gasteiger partial charge in [0, 0.05) is 12.7 Å². The van der Waals surface area contributed by atoms with E-state index in [1.54, 1.807) is 18.2 Å². The van der Waals surface area contributed by atoms with Crippen molar-refractivity contribution in [1.29, 1.82) is 0 Å². The van der Waals surface area contributed by atoms with Crippen LogP contribution in [0.1, 0.15) is 26.2 Å². The summed E-state index contributed by atoms with van der Waals surface area (Å²) in [4.78, 5) is 12.0. The number of sulfonamides is 1. The van der Waals surface area contributed by atoms with Crippen molar-refractivity contribution < 1.29 is 17.9 Å². The normalized spacial score (nSPS) is 18.4. The Labute approximate surface area is 125 Å². The molecule has 1 atom stereocenters. The molecule has 0 N–H and O–H groups in total. The van der Waals surface area contributed by atoms with Gasteiger partial charge in [0.2, 0.25) is 0 Å². The lowest BCUT2D eigenvalue weighted by atomic mass is 10.3. The molecule has 1 heterocycles. The molecule has 1 aromatic carbocycles. The number of nitrogens with zero attached hydrogens (tertiary/aromatic N) is 1. The van der Waals surface area contributed by atoms with E-state index in [4.69, 9.17) is 4.74 Å². The third-order valence-electron chi connectivity index (χ3n) is 3.19. The Kier molecular flexibility index (Phi) is 5.14. The van der Waals surface area contributed by atoms with Crippen molar-refractivity contribution in [2.75, 3.05) is 6.61 Å². The minimum Gasteiger partial charge on any atom is -0.353 e. The van der Waals surface area contributed by atoms with Gasteiger partial charge in [-0.1, -0.05) is 38.0 Å². The maximum atomic E-state index is 12.5. The number of benzene rings is 1. The van der Waals surface area contributed by atoms with E-state index in [2.05, 4.69) is 6.92 Å². The van der Waals surface area contributed by atoms with E-state index in [1.807, 2.05) is 0 Å². The number of hydrogen-bond acceptors (Lipinski definition) is 4. The molecule has 1 amide bonds. The molecule has 1 unspecified atom stereocenters. The Morgan fingerprint density at radius 2 is 1.90 bits per heavy atom. The highest BCUT2D eigenvalue weighted by Crippen LogP contribution is 2.23. The van der Waals surface area contributed by atoms with Crippen LogP contribution < -0.4 is 0 Å². The van der Waals surface area contributed by atoms with E-state index < -0.39 is 22.2 Å². The first-order chi connectivity index (χ1) is 10.1. The van der Waals surface area contributed by atoms with Gasteiger partial charge < -0.3 is 4.74 Å². The summed E-state index contributed by atoms with van der Waals surface area (Å²) in [5.41, 5.74) is 0. The molecular formula is C15H19NO4S. The standard InChI is InChI=1S/C15H19NO4S/c1-2-3-7-12-20-15-11-10-14(17)16(15)21(18,19)13-8-5-4-6-9-13/h4-6,8-11,15H,2-3,7,12H2,1H3. The predicted molar refractivity (Wildman–Crippen MR) is 78.9 cm³/mol. The molecule has 0 aliphatic carbocycles. The van der Waals surface area contributed by atoms with Crippen LogP contribution in [-0.4, -0.2) is 31.5 Å². The molecule has 1 aliphatic rings. The second kappa shape index (κ2) is 6.87. The molecule has 5 nitrogen and oxygen atoms in total. The van der Waals surface area contributed by atoms with Crippen LogP contribution in [-0.2, 0) is 19.6 Å². The van der Waals surface area contributed by atoms with Gasteiger partial charge in [-0.15, -0.1) is 0 Å². The molecule has 1 aliphatic heterocycles. The Morgan fingerprint density at radius 1 is 1.19 bits per heavy atom. The monoisotopic (exact) mass is 309 g/mol. The molecule has 0 aromatic heterocycles. The first-order valence-corrected chi connectivity index (χ1v) is 8.44. The SMILES string of the molecule is CCCCCOC1C=CC(=O)N1S(=O)(=O)c1ccccc1. The van der Waals surface area contributed by atoms with Gasteiger partial charge in [-0.3, -0.25) is 4.79 Å². The van der Waals surface area contributed by atoms with Crippen molar-refractivity contribution in [3.8, 4) is 0 Å². The highest BCUT2D eigenvalue weighted by atomic mass is 32.2. The van der Waals surface area contributed by atoms with Gasteiger partial charge in [-0.05, 0) is 24.6 Å². The van der Waals surface area contributed by atoms with Gasteiger partial charge in [0.25, 0.3) is 15.9 Å². The van der Waals surface area contributed by atoms with Crippen LogP contribution in [0.4, 0.5) is 0 Å². The molecule has 0 saturated carbocycles. The number of rotatable bonds is 7. The number of unbranched alkanes of at least 4 members (excludes halogenated alkanes) is 2. The quantitative estimate of drug-likeness (QED) is 0.725. The molecule has 0 fully saturated rings. The molecule has 6 heteroatoms. The third-order valence-corrected chi connectivity index (χ3v) is 4.96. The molecule has 0 bridgehead atoms. The Balaban J connectivity index is 2.14. The summed E-state index contributed by atoms with van der Waals surface area (Å²) in [5, 5.41) is 0. The number of carbonyl (C=O) groups is 1. The second-order valence-electron chi connectivity index (χ2n) is 4.78. The van der Waals surface area contributed by atoms with Crippen LogP contribution in [0.3, 0.4) is 0 Å². The average molecular weight is 309 g/mol. The van der Waals surface area contributed by atoms with E-state index in [-0.39, 0.29) is 4.90 Å². The van der Waals surface area contributed by atoms with E-state index in [9.17, 15) is 13.2 Å². The van der Waals surface area contributed by atoms with Crippen molar-refractivity contribution in [1.82, 2.24) is 4.31 Å². The van der Waals surface area contributed by atoms with Gasteiger partial charge >= 0.3 is 0 Å². The Bertz CT molecular complexity index is 610. The molecule has 0 spiro atoms. The zero-order valence-corrected chi connectivity index (χ0v) is 12.8. The first-order valence-electron chi connectivity index (χ1n) is 7.00. The van der Waals surface area contributed by atoms with Gasteiger partial charge in [-0.25, -0.2) is 12.7 Å². The molecule has 0 saturated heterocycles. The fourth-order valence-electron chi connectivity index (χ4n) is 2.08. The van der Waals surface area contributed by atoms with Crippen molar-refractivity contribution in [3.05, 3.63) is 42.5 Å². The van der Waals surface area contributed by atoms with Crippen LogP contribution >= 0.6 is 0 Å². The summed E-state index contributed by atoms with van der Waals surface area (Å²) in [6, 6.07) is 7.90. The molecule has 1 aromatic rings. The van der Waals surface area contributed by atoms with Crippen molar-refractivity contribution in [2.45, 2.75) is 37.3 Å². The summed E-state index contributed by atoms with van der Waals surface area (Å²) < 4.78 is 31.4. The fourth-order valence-corrected chi connectivity index (χ4v) is 3.51. The predicted octanol–water partition coefficient (Wildman–Crippen LogP) is 2.31. The number of ether oxygens (including phenoxy) is 1. The minimum absolute atomic E-state index is 0.0872. The summed E-state index contributed by atoms with van der Waals surface area (Å²) in [6.45, 7) is 2.50. The second-order valence-corrected chi connectivity index (χ2v) is 6.59. The van der Waals surface area contributed by atoms with Crippen molar-refractivity contribution in [3.63, 3.8) is 0 Å². The largest absolute Gasteiger partial charge is 0.353 e. The maximum absolute atomic E-state index is 12.5. The molecule has 2 rings (SSSR count). The fraction of sp³-hybridized carbons (Fsp3) is 0.400. The van der Waals surface area contributed by atoms with E-state index in [0.717, 1.165) is 23.6 Å². The highest BCUT2D eigenvalue weighted by Gasteiger charge is 2.37. The lowest BCUT2D eigenvalue weighted by Gasteiger charge is -2.24. The summed E-state index contributed by atoms with van der Waals surface area (Å²) in [7, 11) is -3.88. The van der Waals surface area contributed by atoms with Crippen molar-refractivity contribution in [2.24, 2.45) is 0 Å². The third kappa shape index (κ3) is 3.51. The van der Waals surface area contributed by atoms with Crippen LogP contribution in [0.5, 0.6) is 0 Å². The first kappa shape index (κ1) is 15.7. The number of carbonyl (C=O) groups excluding carboxylic acids is 1. The van der Waals surface area contributed by atoms with Gasteiger partial charge in [0.1, 0.15) is 0 Å². The van der Waals surface area contributed by atoms with Crippen molar-refractivity contribution >= 4 is 15.9 Å². The van der Waals surface area contributed by atoms with E-state index in [0.29, 0.717) is 6.61 Å². The van der Waals surface area contributed by atoms with Crippen LogP contribution in [0.2, 0.25) is 0 Å². The summed E-state index contributed by atoms with van der Waals surface area (Å²) in [5.74, 6) is -0.570. The molecule has 21 heavy (non-hydrogen) atoms. The van der Waals surface area contributed by atoms with Crippen LogP contribution in [0.25, 0.3) is 0 Å². The van der Waals surface area contributed by atoms with Crippen LogP contribution in [0, 0.1) is 0 Å².